The van der Waals surface area contributed by atoms with Crippen molar-refractivity contribution >= 4 is 131 Å². The van der Waals surface area contributed by atoms with E-state index in [-0.39, 0.29) is 5.41 Å². The van der Waals surface area contributed by atoms with Gasteiger partial charge in [-0.05, 0) is 233 Å². The van der Waals surface area contributed by atoms with E-state index in [2.05, 4.69) is 517 Å². The third kappa shape index (κ3) is 12.5. The van der Waals surface area contributed by atoms with E-state index in [4.69, 9.17) is 0 Å². The maximum atomic E-state index is 2.47. The minimum atomic E-state index is -0.0462. The monoisotopic (exact) mass is 1690 g/mol. The van der Waals surface area contributed by atoms with Gasteiger partial charge in [0.25, 0.3) is 0 Å². The van der Waals surface area contributed by atoms with Gasteiger partial charge in [0.1, 0.15) is 0 Å². The molecule has 26 aromatic rings. The summed E-state index contributed by atoms with van der Waals surface area (Å²) in [4.78, 5) is 0. The van der Waals surface area contributed by atoms with Crippen LogP contribution in [0.5, 0.6) is 0 Å². The fourth-order valence-electron chi connectivity index (χ4n) is 21.7. The molecule has 20 aromatic carbocycles. The van der Waals surface area contributed by atoms with Crippen molar-refractivity contribution < 1.29 is 0 Å². The summed E-state index contributed by atoms with van der Waals surface area (Å²) >= 11 is 0. The standard InChI is InChI=1S/2C43H30N2.C40H30N2/c1-29-18-24-34(25-19-29)44-38-16-7-5-14-36(38)42-40(44)26-27-41-43(42)37-15-6-8-17-39(37)45(41)35-13-9-12-33(28-35)32-22-20-31(21-23-32)30-10-3-2-4-11-30;1-29-15-23-34(24-16-29)44-38-13-7-5-11-36(38)42-40(44)27-28-41-43(42)37-12-6-8-14-39(37)45(41)35-25-21-33(22-26-35)32-19-17-31(18-20-32)30-9-3-2-4-10-30;1-25-16-18-26(19-17-25)41-34-14-8-5-11-30(34)38-36(41)22-23-37-39(38)31-12-6-9-15-35(31)42(37)27-20-21-29-28-10-4-7-13-32(28)40(2,3)33(29)24-27/h2*2-28H,1H3;4-24H,1-3H3. The minimum Gasteiger partial charge on any atom is -0.309 e. The highest BCUT2D eigenvalue weighted by Gasteiger charge is 2.36. The Kier molecular flexibility index (Phi) is 18.2. The number of para-hydroxylation sites is 6. The molecule has 132 heavy (non-hydrogen) atoms. The predicted molar refractivity (Wildman–Crippen MR) is 559 cm³/mol. The van der Waals surface area contributed by atoms with E-state index >= 15 is 0 Å². The summed E-state index contributed by atoms with van der Waals surface area (Å²) in [5.41, 5.74) is 40.8. The van der Waals surface area contributed by atoms with Crippen molar-refractivity contribution in [2.75, 3.05) is 0 Å². The lowest BCUT2D eigenvalue weighted by Gasteiger charge is -2.22. The Morgan fingerprint density at radius 1 is 0.152 bits per heavy atom. The fraction of sp³-hybridized carbons (Fsp3) is 0.0476. The smallest absolute Gasteiger partial charge is 0.0548 e. The van der Waals surface area contributed by atoms with Crippen LogP contribution >= 0.6 is 0 Å². The molecule has 6 aromatic heterocycles. The number of hydrogen-bond acceptors (Lipinski definition) is 0. The van der Waals surface area contributed by atoms with Gasteiger partial charge < -0.3 is 27.4 Å². The average molecular weight is 1690 g/mol. The van der Waals surface area contributed by atoms with Gasteiger partial charge in [0, 0.05) is 104 Å². The van der Waals surface area contributed by atoms with Crippen molar-refractivity contribution in [3.05, 3.63) is 483 Å². The first-order valence-electron chi connectivity index (χ1n) is 45.9. The van der Waals surface area contributed by atoms with E-state index in [1.54, 1.807) is 0 Å². The second-order valence-corrected chi connectivity index (χ2v) is 36.1. The summed E-state index contributed by atoms with van der Waals surface area (Å²) in [7, 11) is 0. The Labute approximate surface area is 765 Å². The van der Waals surface area contributed by atoms with Crippen LogP contribution in [0, 0.1) is 20.8 Å². The molecule has 0 saturated heterocycles. The summed E-state index contributed by atoms with van der Waals surface area (Å²) < 4.78 is 14.6. The summed E-state index contributed by atoms with van der Waals surface area (Å²) in [5, 5.41) is 15.5. The van der Waals surface area contributed by atoms with Crippen LogP contribution in [0.2, 0.25) is 0 Å². The number of benzene rings is 20. The lowest BCUT2D eigenvalue weighted by molar-refractivity contribution is 0.660. The highest BCUT2D eigenvalue weighted by Crippen LogP contribution is 2.52. The number of nitrogens with zero attached hydrogens (tertiary/aromatic N) is 6. The Bertz CT molecular complexity index is 9070. The first-order valence-corrected chi connectivity index (χ1v) is 45.9. The molecule has 0 fully saturated rings. The van der Waals surface area contributed by atoms with E-state index in [9.17, 15) is 0 Å². The van der Waals surface area contributed by atoms with Crippen molar-refractivity contribution in [3.63, 3.8) is 0 Å². The number of aromatic nitrogens is 6. The quantitative estimate of drug-likeness (QED) is 0.131. The van der Waals surface area contributed by atoms with E-state index in [0.29, 0.717) is 0 Å². The molecule has 27 rings (SSSR count). The van der Waals surface area contributed by atoms with Crippen molar-refractivity contribution in [1.29, 1.82) is 0 Å². The van der Waals surface area contributed by atoms with Crippen LogP contribution in [0.25, 0.3) is 221 Å². The van der Waals surface area contributed by atoms with Gasteiger partial charge in [-0.25, -0.2) is 0 Å². The van der Waals surface area contributed by atoms with Gasteiger partial charge in [0.15, 0.2) is 0 Å². The first-order chi connectivity index (χ1) is 65.0. The summed E-state index contributed by atoms with van der Waals surface area (Å²) in [6.07, 6.45) is 0. The van der Waals surface area contributed by atoms with Crippen LogP contribution < -0.4 is 0 Å². The Balaban J connectivity index is 0.000000106. The van der Waals surface area contributed by atoms with Gasteiger partial charge in [-0.1, -0.05) is 340 Å². The van der Waals surface area contributed by atoms with Gasteiger partial charge in [0.05, 0.1) is 66.2 Å². The highest BCUT2D eigenvalue weighted by molar-refractivity contribution is 6.32. The second-order valence-electron chi connectivity index (χ2n) is 36.1. The molecule has 1 aliphatic carbocycles. The zero-order valence-electron chi connectivity index (χ0n) is 74.0. The molecule has 624 valence electrons. The van der Waals surface area contributed by atoms with E-state index in [1.165, 1.54) is 237 Å². The van der Waals surface area contributed by atoms with Crippen LogP contribution in [0.1, 0.15) is 41.7 Å². The normalized spacial score (nSPS) is 12.3. The van der Waals surface area contributed by atoms with Gasteiger partial charge in [0.2, 0.25) is 0 Å². The molecule has 6 nitrogen and oxygen atoms in total. The molecule has 0 aliphatic heterocycles. The molecular weight excluding hydrogens is 1600 g/mol. The third-order valence-corrected chi connectivity index (χ3v) is 28.0. The molecule has 0 unspecified atom stereocenters. The molecule has 6 heterocycles. The molecule has 6 heteroatoms. The van der Waals surface area contributed by atoms with Crippen LogP contribution in [0.3, 0.4) is 0 Å². The van der Waals surface area contributed by atoms with Gasteiger partial charge >= 0.3 is 0 Å². The van der Waals surface area contributed by atoms with Crippen molar-refractivity contribution in [2.45, 2.75) is 40.0 Å². The maximum Gasteiger partial charge on any atom is 0.0548 e. The molecule has 0 spiro atoms. The maximum absolute atomic E-state index is 2.47. The molecule has 0 amide bonds. The largest absolute Gasteiger partial charge is 0.309 e. The molecule has 0 N–H and O–H groups in total. The molecule has 0 bridgehead atoms. The van der Waals surface area contributed by atoms with Crippen LogP contribution in [0.4, 0.5) is 0 Å². The van der Waals surface area contributed by atoms with Crippen molar-refractivity contribution in [3.8, 4) is 89.8 Å². The van der Waals surface area contributed by atoms with Crippen molar-refractivity contribution in [1.82, 2.24) is 27.4 Å². The Hall–Kier alpha value is -16.8. The van der Waals surface area contributed by atoms with Crippen LogP contribution in [-0.4, -0.2) is 27.4 Å². The van der Waals surface area contributed by atoms with E-state index in [0.717, 1.165) is 11.4 Å². The minimum absolute atomic E-state index is 0.0462. The molecular formula is C126H90N6. The molecule has 0 atom stereocenters. The first kappa shape index (κ1) is 77.5. The van der Waals surface area contributed by atoms with E-state index in [1.807, 2.05) is 0 Å². The number of aryl methyl sites for hydroxylation is 3. The topological polar surface area (TPSA) is 29.6 Å². The fourth-order valence-corrected chi connectivity index (χ4v) is 21.7. The third-order valence-electron chi connectivity index (χ3n) is 28.0. The average Bonchev–Trinajstić information content (AvgIpc) is 1.56. The summed E-state index contributed by atoms with van der Waals surface area (Å²) in [5.74, 6) is 0. The van der Waals surface area contributed by atoms with E-state index < -0.39 is 0 Å². The SMILES string of the molecule is Cc1ccc(-n2c3ccccc3c3c4c5ccccc5n(-c5ccc(-c6ccc(-c7ccccc7)cc6)cc5)c4ccc32)cc1.Cc1ccc(-n2c3ccccc3c3c4c5ccccc5n(-c5ccc6c(c5)C(C)(C)c5ccccc5-6)c4ccc32)cc1.Cc1ccc(-n2c3ccccc3c3c4c5ccccc5n(-c5cccc(-c6ccc(-c7ccccc7)cc6)c5)c4ccc32)cc1. The molecule has 0 radical (unpaired) electrons. The lowest BCUT2D eigenvalue weighted by atomic mass is 9.82. The van der Waals surface area contributed by atoms with Gasteiger partial charge in [-0.2, -0.15) is 0 Å². The second kappa shape index (κ2) is 31.0. The number of hydrogen-bond donors (Lipinski definition) is 0. The number of rotatable bonds is 10. The predicted octanol–water partition coefficient (Wildman–Crippen LogP) is 33.5. The summed E-state index contributed by atoms with van der Waals surface area (Å²) in [6, 6.07) is 166. The summed E-state index contributed by atoms with van der Waals surface area (Å²) in [6.45, 7) is 11.1. The lowest BCUT2D eigenvalue weighted by Crippen LogP contribution is -2.15. The Morgan fingerprint density at radius 3 is 0.705 bits per heavy atom. The zero-order chi connectivity index (χ0) is 88.0. The molecule has 1 aliphatic rings. The van der Waals surface area contributed by atoms with Crippen LogP contribution in [0.15, 0.2) is 455 Å². The van der Waals surface area contributed by atoms with Gasteiger partial charge in [-0.15, -0.1) is 0 Å². The highest BCUT2D eigenvalue weighted by atomic mass is 15.0. The molecule has 0 saturated carbocycles. The number of fused-ring (bicyclic) bond motifs is 24. The van der Waals surface area contributed by atoms with Crippen LogP contribution in [-0.2, 0) is 5.41 Å². The van der Waals surface area contributed by atoms with Gasteiger partial charge in [-0.3, -0.25) is 0 Å². The Morgan fingerprint density at radius 2 is 0.379 bits per heavy atom. The zero-order valence-corrected chi connectivity index (χ0v) is 74.0. The van der Waals surface area contributed by atoms with Crippen molar-refractivity contribution in [2.24, 2.45) is 0 Å².